The minimum absolute atomic E-state index is 0. The number of aryl methyl sites for hydroxylation is 2. The van der Waals surface area contributed by atoms with Crippen molar-refractivity contribution in [2.75, 3.05) is 30.4 Å². The summed E-state index contributed by atoms with van der Waals surface area (Å²) in [5.41, 5.74) is 0.750. The monoisotopic (exact) mass is 479 g/mol. The standard InChI is InChI=1S/C21H28F3N5.2ClH/c1-4-6-15-12-19(29-10-5-7-17(13-29)25-3)28-20(26-15)27-16-9-8-14(2)18(11-16)21(22,23)24;;/h8-9,11-12,17,25H,4-7,10,13H2,1-3H3,(H,26,27,28);2*1H. The molecule has 1 saturated heterocycles. The number of nitrogens with one attached hydrogen (secondary N) is 2. The first kappa shape index (κ1) is 27.3. The van der Waals surface area contributed by atoms with E-state index < -0.39 is 11.7 Å². The average molecular weight is 480 g/mol. The van der Waals surface area contributed by atoms with Gasteiger partial charge in [0, 0.05) is 36.6 Å². The first-order valence-corrected chi connectivity index (χ1v) is 10.0. The molecule has 0 spiro atoms. The molecule has 10 heteroatoms. The lowest BCUT2D eigenvalue weighted by molar-refractivity contribution is -0.138. The third-order valence-electron chi connectivity index (χ3n) is 5.22. The summed E-state index contributed by atoms with van der Waals surface area (Å²) in [5.74, 6) is 1.14. The fourth-order valence-electron chi connectivity index (χ4n) is 3.64. The minimum atomic E-state index is -4.40. The fourth-order valence-corrected chi connectivity index (χ4v) is 3.64. The van der Waals surface area contributed by atoms with Gasteiger partial charge in [0.15, 0.2) is 0 Å². The number of alkyl halides is 3. The van der Waals surface area contributed by atoms with Gasteiger partial charge in [-0.05, 0) is 50.9 Å². The molecule has 0 saturated carbocycles. The molecule has 1 aromatic carbocycles. The molecule has 3 rings (SSSR count). The van der Waals surface area contributed by atoms with Crippen molar-refractivity contribution in [2.24, 2.45) is 0 Å². The molecular weight excluding hydrogens is 450 g/mol. The van der Waals surface area contributed by atoms with Gasteiger partial charge in [-0.3, -0.25) is 0 Å². The van der Waals surface area contributed by atoms with E-state index in [2.05, 4.69) is 32.4 Å². The quantitative estimate of drug-likeness (QED) is 0.570. The Kier molecular flexibility index (Phi) is 10.3. The zero-order valence-corrected chi connectivity index (χ0v) is 19.6. The zero-order valence-electron chi connectivity index (χ0n) is 17.9. The summed E-state index contributed by atoms with van der Waals surface area (Å²) >= 11 is 0. The van der Waals surface area contributed by atoms with Crippen molar-refractivity contribution in [2.45, 2.75) is 51.7 Å². The van der Waals surface area contributed by atoms with Crippen LogP contribution < -0.4 is 15.5 Å². The molecule has 1 unspecified atom stereocenters. The van der Waals surface area contributed by atoms with Crippen LogP contribution in [-0.4, -0.2) is 36.1 Å². The van der Waals surface area contributed by atoms with Gasteiger partial charge in [0.05, 0.1) is 5.56 Å². The van der Waals surface area contributed by atoms with E-state index in [-0.39, 0.29) is 30.4 Å². The number of hydrogen-bond donors (Lipinski definition) is 2. The van der Waals surface area contributed by atoms with Crippen molar-refractivity contribution >= 4 is 42.3 Å². The first-order valence-electron chi connectivity index (χ1n) is 10.0. The van der Waals surface area contributed by atoms with Gasteiger partial charge in [0.1, 0.15) is 5.82 Å². The molecule has 2 aromatic rings. The minimum Gasteiger partial charge on any atom is -0.355 e. The van der Waals surface area contributed by atoms with E-state index in [1.807, 2.05) is 13.1 Å². The smallest absolute Gasteiger partial charge is 0.355 e. The molecule has 0 amide bonds. The van der Waals surface area contributed by atoms with Gasteiger partial charge in [-0.2, -0.15) is 18.2 Å². The van der Waals surface area contributed by atoms with Crippen LogP contribution >= 0.6 is 24.8 Å². The zero-order chi connectivity index (χ0) is 21.0. The number of benzene rings is 1. The molecule has 2 heterocycles. The van der Waals surface area contributed by atoms with E-state index in [1.165, 1.54) is 13.0 Å². The second-order valence-electron chi connectivity index (χ2n) is 7.52. The highest BCUT2D eigenvalue weighted by Gasteiger charge is 2.32. The molecule has 1 atom stereocenters. The molecule has 1 aliphatic rings. The average Bonchev–Trinajstić information content (AvgIpc) is 2.69. The van der Waals surface area contributed by atoms with E-state index in [1.54, 1.807) is 6.07 Å². The molecule has 1 aliphatic heterocycles. The van der Waals surface area contributed by atoms with Crippen molar-refractivity contribution < 1.29 is 13.2 Å². The predicted molar refractivity (Wildman–Crippen MR) is 124 cm³/mol. The van der Waals surface area contributed by atoms with Crippen LogP contribution in [0.15, 0.2) is 24.3 Å². The Bertz CT molecular complexity index is 848. The van der Waals surface area contributed by atoms with Gasteiger partial charge < -0.3 is 15.5 Å². The Morgan fingerprint density at radius 1 is 1.16 bits per heavy atom. The van der Waals surface area contributed by atoms with Gasteiger partial charge in [-0.25, -0.2) is 4.98 Å². The Labute approximate surface area is 194 Å². The summed E-state index contributed by atoms with van der Waals surface area (Å²) in [6.07, 6.45) is -0.496. The lowest BCUT2D eigenvalue weighted by Gasteiger charge is -2.33. The van der Waals surface area contributed by atoms with Gasteiger partial charge in [0.25, 0.3) is 0 Å². The molecule has 1 aromatic heterocycles. The summed E-state index contributed by atoms with van der Waals surface area (Å²) in [6, 6.07) is 6.59. The Hall–Kier alpha value is -1.77. The number of aromatic nitrogens is 2. The molecule has 0 radical (unpaired) electrons. The van der Waals surface area contributed by atoms with Crippen molar-refractivity contribution in [3.63, 3.8) is 0 Å². The van der Waals surface area contributed by atoms with Crippen molar-refractivity contribution in [1.82, 2.24) is 15.3 Å². The normalized spacial score (nSPS) is 16.3. The topological polar surface area (TPSA) is 53.1 Å². The van der Waals surface area contributed by atoms with Gasteiger partial charge >= 0.3 is 6.18 Å². The van der Waals surface area contributed by atoms with Crippen molar-refractivity contribution in [3.8, 4) is 0 Å². The SMILES string of the molecule is CCCc1cc(N2CCCC(NC)C2)nc(Nc2ccc(C)c(C(F)(F)F)c2)n1.Cl.Cl. The maximum Gasteiger partial charge on any atom is 0.416 e. The molecule has 1 fully saturated rings. The highest BCUT2D eigenvalue weighted by atomic mass is 35.5. The van der Waals surface area contributed by atoms with Crippen LogP contribution in [0.3, 0.4) is 0 Å². The highest BCUT2D eigenvalue weighted by molar-refractivity contribution is 5.85. The van der Waals surface area contributed by atoms with Crippen LogP contribution in [0.25, 0.3) is 0 Å². The van der Waals surface area contributed by atoms with Gasteiger partial charge in [-0.15, -0.1) is 24.8 Å². The third-order valence-corrected chi connectivity index (χ3v) is 5.22. The van der Waals surface area contributed by atoms with Crippen LogP contribution in [0.5, 0.6) is 0 Å². The first-order chi connectivity index (χ1) is 13.8. The van der Waals surface area contributed by atoms with Gasteiger partial charge in [0.2, 0.25) is 5.95 Å². The molecular formula is C21H30Cl2F3N5. The number of rotatable bonds is 6. The lowest BCUT2D eigenvalue weighted by Crippen LogP contribution is -2.44. The van der Waals surface area contributed by atoms with Crippen LogP contribution in [0.1, 0.15) is 43.0 Å². The van der Waals surface area contributed by atoms with E-state index >= 15 is 0 Å². The summed E-state index contributed by atoms with van der Waals surface area (Å²) in [6.45, 7) is 5.28. The Morgan fingerprint density at radius 2 is 1.90 bits per heavy atom. The van der Waals surface area contributed by atoms with Crippen LogP contribution in [0.2, 0.25) is 0 Å². The van der Waals surface area contributed by atoms with Crippen LogP contribution in [0.4, 0.5) is 30.6 Å². The predicted octanol–water partition coefficient (Wildman–Crippen LogP) is 5.53. The molecule has 2 N–H and O–H groups in total. The molecule has 5 nitrogen and oxygen atoms in total. The summed E-state index contributed by atoms with van der Waals surface area (Å²) in [5, 5.41) is 6.30. The number of nitrogens with zero attached hydrogens (tertiary/aromatic N) is 3. The van der Waals surface area contributed by atoms with E-state index in [0.29, 0.717) is 17.7 Å². The summed E-state index contributed by atoms with van der Waals surface area (Å²) in [4.78, 5) is 11.3. The molecule has 31 heavy (non-hydrogen) atoms. The summed E-state index contributed by atoms with van der Waals surface area (Å²) < 4.78 is 39.7. The Balaban J connectivity index is 0.00000240. The highest BCUT2D eigenvalue weighted by Crippen LogP contribution is 2.34. The lowest BCUT2D eigenvalue weighted by atomic mass is 10.1. The molecule has 0 bridgehead atoms. The van der Waals surface area contributed by atoms with Crippen LogP contribution in [0, 0.1) is 6.92 Å². The van der Waals surface area contributed by atoms with E-state index in [9.17, 15) is 13.2 Å². The maximum atomic E-state index is 13.2. The number of piperidine rings is 1. The summed E-state index contributed by atoms with van der Waals surface area (Å²) in [7, 11) is 1.96. The largest absolute Gasteiger partial charge is 0.416 e. The molecule has 0 aliphatic carbocycles. The Morgan fingerprint density at radius 3 is 2.55 bits per heavy atom. The number of likely N-dealkylation sites (N-methyl/N-ethyl adjacent to an activating group) is 1. The number of hydrogen-bond acceptors (Lipinski definition) is 5. The van der Waals surface area contributed by atoms with Crippen molar-refractivity contribution in [1.29, 1.82) is 0 Å². The fraction of sp³-hybridized carbons (Fsp3) is 0.524. The second-order valence-corrected chi connectivity index (χ2v) is 7.52. The maximum absolute atomic E-state index is 13.2. The van der Waals surface area contributed by atoms with Crippen molar-refractivity contribution in [3.05, 3.63) is 41.1 Å². The van der Waals surface area contributed by atoms with E-state index in [4.69, 9.17) is 0 Å². The van der Waals surface area contributed by atoms with E-state index in [0.717, 1.165) is 56.4 Å². The van der Waals surface area contributed by atoms with Crippen LogP contribution in [-0.2, 0) is 12.6 Å². The number of anilines is 3. The molecule has 174 valence electrons. The van der Waals surface area contributed by atoms with Gasteiger partial charge in [-0.1, -0.05) is 19.4 Å². The number of halogens is 5. The second kappa shape index (κ2) is 11.7. The third kappa shape index (κ3) is 7.12.